The van der Waals surface area contributed by atoms with Crippen molar-refractivity contribution in [1.82, 2.24) is 4.90 Å². The first-order chi connectivity index (χ1) is 7.86. The van der Waals surface area contributed by atoms with Crippen molar-refractivity contribution in [2.24, 2.45) is 4.40 Å². The Labute approximate surface area is 107 Å². The number of hydrogen-bond acceptors (Lipinski definition) is 2. The highest BCUT2D eigenvalue weighted by molar-refractivity contribution is 7.90. The third-order valence-corrected chi connectivity index (χ3v) is 3.74. The van der Waals surface area contributed by atoms with Crippen molar-refractivity contribution >= 4 is 27.5 Å². The number of sulfonamides is 1. The van der Waals surface area contributed by atoms with Gasteiger partial charge in [0, 0.05) is 14.1 Å². The van der Waals surface area contributed by atoms with Gasteiger partial charge in [0.25, 0.3) is 10.0 Å². The Morgan fingerprint density at radius 1 is 1.29 bits per heavy atom. The quantitative estimate of drug-likeness (QED) is 0.480. The van der Waals surface area contributed by atoms with Gasteiger partial charge in [-0.05, 0) is 19.1 Å². The maximum atomic E-state index is 11.9. The molecule has 0 bridgehead atoms. The van der Waals surface area contributed by atoms with Gasteiger partial charge in [-0.2, -0.15) is 8.42 Å². The predicted molar refractivity (Wildman–Crippen MR) is 70.2 cm³/mol. The molecular formula is C11H15ClN2O2S. The monoisotopic (exact) mass is 274 g/mol. The van der Waals surface area contributed by atoms with Gasteiger partial charge in [0.2, 0.25) is 0 Å². The minimum Gasteiger partial charge on any atom is -0.364 e. The highest BCUT2D eigenvalue weighted by Gasteiger charge is 2.14. The zero-order valence-corrected chi connectivity index (χ0v) is 11.6. The van der Waals surface area contributed by atoms with E-state index in [0.717, 1.165) is 5.56 Å². The first-order valence-corrected chi connectivity index (χ1v) is 6.98. The van der Waals surface area contributed by atoms with E-state index in [1.165, 1.54) is 12.1 Å². The number of benzene rings is 1. The number of hydrogen-bond donors (Lipinski definition) is 0. The molecule has 0 saturated carbocycles. The van der Waals surface area contributed by atoms with Crippen molar-refractivity contribution in [1.29, 1.82) is 0 Å². The molecule has 0 spiro atoms. The van der Waals surface area contributed by atoms with Crippen molar-refractivity contribution in [2.45, 2.75) is 11.8 Å². The van der Waals surface area contributed by atoms with E-state index in [0.29, 0.717) is 5.84 Å². The molecule has 0 aliphatic heterocycles. The van der Waals surface area contributed by atoms with Gasteiger partial charge in [-0.25, -0.2) is 0 Å². The van der Waals surface area contributed by atoms with Gasteiger partial charge >= 0.3 is 0 Å². The molecule has 0 radical (unpaired) electrons. The van der Waals surface area contributed by atoms with E-state index in [2.05, 4.69) is 4.40 Å². The fourth-order valence-electron chi connectivity index (χ4n) is 1.13. The molecule has 1 rings (SSSR count). The van der Waals surface area contributed by atoms with Gasteiger partial charge in [0.05, 0.1) is 10.8 Å². The molecule has 0 aliphatic rings. The Hall–Kier alpha value is -1.07. The van der Waals surface area contributed by atoms with Crippen molar-refractivity contribution in [3.8, 4) is 0 Å². The molecular weight excluding hydrogens is 260 g/mol. The Bertz CT molecular complexity index is 507. The fourth-order valence-corrected chi connectivity index (χ4v) is 2.59. The van der Waals surface area contributed by atoms with E-state index in [1.54, 1.807) is 31.1 Å². The van der Waals surface area contributed by atoms with Crippen molar-refractivity contribution in [2.75, 3.05) is 20.0 Å². The van der Waals surface area contributed by atoms with E-state index < -0.39 is 10.0 Å². The maximum absolute atomic E-state index is 11.9. The second kappa shape index (κ2) is 5.51. The highest BCUT2D eigenvalue weighted by atomic mass is 35.5. The average Bonchev–Trinajstić information content (AvgIpc) is 2.26. The summed E-state index contributed by atoms with van der Waals surface area (Å²) in [6.07, 6.45) is 0. The Balaban J connectivity index is 3.16. The van der Waals surface area contributed by atoms with Crippen LogP contribution >= 0.6 is 11.6 Å². The van der Waals surface area contributed by atoms with Crippen molar-refractivity contribution in [3.63, 3.8) is 0 Å². The Morgan fingerprint density at radius 2 is 1.82 bits per heavy atom. The van der Waals surface area contributed by atoms with Crippen LogP contribution in [0, 0.1) is 6.92 Å². The Morgan fingerprint density at radius 3 is 2.24 bits per heavy atom. The topological polar surface area (TPSA) is 49.7 Å². The molecule has 17 heavy (non-hydrogen) atoms. The molecule has 0 heterocycles. The minimum atomic E-state index is -3.67. The molecule has 0 atom stereocenters. The molecule has 1 aromatic carbocycles. The number of alkyl halides is 1. The third-order valence-electron chi connectivity index (χ3n) is 2.18. The molecule has 0 N–H and O–H groups in total. The molecule has 0 saturated heterocycles. The van der Waals surface area contributed by atoms with Crippen molar-refractivity contribution < 1.29 is 8.42 Å². The first-order valence-electron chi connectivity index (χ1n) is 5.00. The number of nitrogens with zero attached hydrogens (tertiary/aromatic N) is 2. The van der Waals surface area contributed by atoms with Crippen LogP contribution in [0.2, 0.25) is 0 Å². The van der Waals surface area contributed by atoms with E-state index in [9.17, 15) is 8.42 Å². The van der Waals surface area contributed by atoms with E-state index in [4.69, 9.17) is 11.6 Å². The molecule has 0 aliphatic carbocycles. The van der Waals surface area contributed by atoms with Crippen molar-refractivity contribution in [3.05, 3.63) is 29.8 Å². The lowest BCUT2D eigenvalue weighted by atomic mass is 10.2. The van der Waals surface area contributed by atoms with E-state index in [1.807, 2.05) is 6.92 Å². The van der Waals surface area contributed by atoms with Crippen LogP contribution in [0.4, 0.5) is 0 Å². The van der Waals surface area contributed by atoms with E-state index >= 15 is 0 Å². The zero-order chi connectivity index (χ0) is 13.1. The van der Waals surface area contributed by atoms with Crippen LogP contribution in [0.15, 0.2) is 33.6 Å². The number of rotatable bonds is 3. The minimum absolute atomic E-state index is 0.0537. The Kier molecular flexibility index (Phi) is 4.54. The third kappa shape index (κ3) is 3.71. The normalized spacial score (nSPS) is 12.6. The summed E-state index contributed by atoms with van der Waals surface area (Å²) in [6.45, 7) is 1.89. The van der Waals surface area contributed by atoms with E-state index in [-0.39, 0.29) is 10.8 Å². The predicted octanol–water partition coefficient (Wildman–Crippen LogP) is 1.88. The summed E-state index contributed by atoms with van der Waals surface area (Å²) in [6, 6.07) is 6.54. The average molecular weight is 275 g/mol. The van der Waals surface area contributed by atoms with Crippen LogP contribution in [-0.4, -0.2) is 39.1 Å². The lowest BCUT2D eigenvalue weighted by Gasteiger charge is -2.12. The summed E-state index contributed by atoms with van der Waals surface area (Å²) >= 11 is 5.64. The maximum Gasteiger partial charge on any atom is 0.283 e. The van der Waals surface area contributed by atoms with Crippen LogP contribution in [0.5, 0.6) is 0 Å². The van der Waals surface area contributed by atoms with Gasteiger partial charge in [-0.15, -0.1) is 16.0 Å². The van der Waals surface area contributed by atoms with Gasteiger partial charge < -0.3 is 4.90 Å². The second-order valence-electron chi connectivity index (χ2n) is 3.82. The summed E-state index contributed by atoms with van der Waals surface area (Å²) in [5, 5.41) is 0. The van der Waals surface area contributed by atoms with Crippen LogP contribution in [0.25, 0.3) is 0 Å². The van der Waals surface area contributed by atoms with Crippen LogP contribution in [0.3, 0.4) is 0 Å². The SMILES string of the molecule is Cc1ccc(S(=O)(=O)N=C(CCl)N(C)C)cc1. The van der Waals surface area contributed by atoms with Gasteiger partial charge in [-0.3, -0.25) is 0 Å². The molecule has 94 valence electrons. The summed E-state index contributed by atoms with van der Waals surface area (Å²) < 4.78 is 27.6. The fraction of sp³-hybridized carbons (Fsp3) is 0.364. The van der Waals surface area contributed by atoms with Crippen LogP contribution in [0.1, 0.15) is 5.56 Å². The molecule has 0 aromatic heterocycles. The lowest BCUT2D eigenvalue weighted by molar-refractivity contribution is 0.591. The molecule has 0 amide bonds. The second-order valence-corrected chi connectivity index (χ2v) is 5.70. The molecule has 0 unspecified atom stereocenters. The molecule has 4 nitrogen and oxygen atoms in total. The smallest absolute Gasteiger partial charge is 0.283 e. The summed E-state index contributed by atoms with van der Waals surface area (Å²) in [4.78, 5) is 1.76. The summed E-state index contributed by atoms with van der Waals surface area (Å²) in [5.74, 6) is 0.366. The van der Waals surface area contributed by atoms with Crippen LogP contribution in [-0.2, 0) is 10.0 Å². The van der Waals surface area contributed by atoms with Gasteiger partial charge in [0.15, 0.2) is 0 Å². The zero-order valence-electron chi connectivity index (χ0n) is 10.0. The molecule has 1 aromatic rings. The molecule has 6 heteroatoms. The lowest BCUT2D eigenvalue weighted by Crippen LogP contribution is -2.24. The van der Waals surface area contributed by atoms with Gasteiger partial charge in [-0.1, -0.05) is 17.7 Å². The number of halogens is 1. The number of amidine groups is 1. The summed E-state index contributed by atoms with van der Waals surface area (Å²) in [7, 11) is -0.271. The standard InChI is InChI=1S/C11H15ClN2O2S/c1-9-4-6-10(7-5-9)17(15,16)13-11(8-12)14(2)3/h4-7H,8H2,1-3H3. The summed E-state index contributed by atoms with van der Waals surface area (Å²) in [5.41, 5.74) is 0.998. The van der Waals surface area contributed by atoms with Gasteiger partial charge in [0.1, 0.15) is 5.84 Å². The molecule has 0 fully saturated rings. The number of aryl methyl sites for hydroxylation is 1. The highest BCUT2D eigenvalue weighted by Crippen LogP contribution is 2.13. The largest absolute Gasteiger partial charge is 0.364 e. The van der Waals surface area contributed by atoms with Crippen LogP contribution < -0.4 is 0 Å². The first kappa shape index (κ1) is 14.0.